The van der Waals surface area contributed by atoms with Crippen LogP contribution < -0.4 is 5.32 Å². The third kappa shape index (κ3) is 3.91. The van der Waals surface area contributed by atoms with Gasteiger partial charge < -0.3 is 19.5 Å². The number of pyridine rings is 1. The first-order chi connectivity index (χ1) is 12.7. The zero-order valence-electron chi connectivity index (χ0n) is 16.8. The molecule has 0 unspecified atom stereocenters. The van der Waals surface area contributed by atoms with Gasteiger partial charge in [-0.2, -0.15) is 0 Å². The minimum atomic E-state index is -0.177. The number of carbonyl (C=O) groups is 2. The van der Waals surface area contributed by atoms with Crippen LogP contribution in [-0.4, -0.2) is 58.3 Å². The number of nitrogens with zero attached hydrogens (tertiary/aromatic N) is 4. The Morgan fingerprint density at radius 1 is 1.30 bits per heavy atom. The normalized spacial score (nSPS) is 17.4. The Morgan fingerprint density at radius 2 is 2.04 bits per heavy atom. The topological polar surface area (TPSA) is 70.0 Å². The minimum Gasteiger partial charge on any atom is -0.350 e. The molecule has 146 valence electrons. The van der Waals surface area contributed by atoms with E-state index in [0.29, 0.717) is 18.8 Å². The van der Waals surface area contributed by atoms with Crippen LogP contribution in [-0.2, 0) is 0 Å². The highest BCUT2D eigenvalue weighted by Gasteiger charge is 2.35. The van der Waals surface area contributed by atoms with Gasteiger partial charge in [-0.1, -0.05) is 26.8 Å². The van der Waals surface area contributed by atoms with Crippen molar-refractivity contribution in [2.75, 3.05) is 27.2 Å². The molecular formula is C20H29N5O2. The monoisotopic (exact) mass is 371 g/mol. The van der Waals surface area contributed by atoms with Crippen molar-refractivity contribution in [1.29, 1.82) is 0 Å². The number of nitrogens with one attached hydrogen (secondary N) is 1. The van der Waals surface area contributed by atoms with Crippen molar-refractivity contribution in [3.8, 4) is 0 Å². The maximum Gasteiger partial charge on any atom is 0.320 e. The Balaban J connectivity index is 1.97. The van der Waals surface area contributed by atoms with Gasteiger partial charge in [0.25, 0.3) is 5.91 Å². The summed E-state index contributed by atoms with van der Waals surface area (Å²) in [4.78, 5) is 33.5. The third-order valence-electron chi connectivity index (χ3n) is 4.75. The van der Waals surface area contributed by atoms with Gasteiger partial charge in [0.05, 0.1) is 11.6 Å². The van der Waals surface area contributed by atoms with Crippen molar-refractivity contribution in [3.63, 3.8) is 0 Å². The second-order valence-electron chi connectivity index (χ2n) is 8.55. The number of rotatable bonds is 3. The van der Waals surface area contributed by atoms with Crippen LogP contribution in [0.5, 0.6) is 0 Å². The SMILES string of the molecule is CN(C)C(=O)N1CCC[C@H]1c1nc(C(=O)NCC(C)(C)C)c2ccccn12. The molecule has 0 radical (unpaired) electrons. The highest BCUT2D eigenvalue weighted by molar-refractivity contribution is 5.99. The number of imidazole rings is 1. The van der Waals surface area contributed by atoms with Crippen molar-refractivity contribution in [2.45, 2.75) is 39.7 Å². The second-order valence-corrected chi connectivity index (χ2v) is 8.55. The lowest BCUT2D eigenvalue weighted by atomic mass is 9.97. The van der Waals surface area contributed by atoms with E-state index in [1.54, 1.807) is 19.0 Å². The van der Waals surface area contributed by atoms with Crippen molar-refractivity contribution in [2.24, 2.45) is 5.41 Å². The quantitative estimate of drug-likeness (QED) is 0.902. The van der Waals surface area contributed by atoms with E-state index in [4.69, 9.17) is 4.98 Å². The number of aromatic nitrogens is 2. The number of fused-ring (bicyclic) bond motifs is 1. The average molecular weight is 371 g/mol. The fraction of sp³-hybridized carbons (Fsp3) is 0.550. The van der Waals surface area contributed by atoms with Crippen molar-refractivity contribution in [1.82, 2.24) is 24.5 Å². The van der Waals surface area contributed by atoms with Gasteiger partial charge in [0, 0.05) is 33.4 Å². The molecule has 2 aromatic rings. The lowest BCUT2D eigenvalue weighted by molar-refractivity contribution is 0.0936. The van der Waals surface area contributed by atoms with Gasteiger partial charge >= 0.3 is 6.03 Å². The summed E-state index contributed by atoms with van der Waals surface area (Å²) >= 11 is 0. The number of urea groups is 1. The summed E-state index contributed by atoms with van der Waals surface area (Å²) in [5, 5.41) is 2.98. The van der Waals surface area contributed by atoms with Gasteiger partial charge in [0.15, 0.2) is 5.69 Å². The van der Waals surface area contributed by atoms with Gasteiger partial charge in [-0.3, -0.25) is 4.79 Å². The Labute approximate surface area is 160 Å². The molecule has 0 spiro atoms. The van der Waals surface area contributed by atoms with Crippen molar-refractivity contribution < 1.29 is 9.59 Å². The second kappa shape index (κ2) is 7.21. The predicted octanol–water partition coefficient (Wildman–Crippen LogP) is 2.93. The van der Waals surface area contributed by atoms with Gasteiger partial charge in [-0.05, 0) is 30.4 Å². The lowest BCUT2D eigenvalue weighted by Gasteiger charge is -2.27. The van der Waals surface area contributed by atoms with Crippen LogP contribution in [0.4, 0.5) is 4.79 Å². The number of hydrogen-bond acceptors (Lipinski definition) is 3. The molecule has 1 N–H and O–H groups in total. The number of amides is 3. The number of likely N-dealkylation sites (tertiary alicyclic amines) is 1. The Kier molecular flexibility index (Phi) is 5.13. The van der Waals surface area contributed by atoms with E-state index in [0.717, 1.165) is 24.2 Å². The first kappa shape index (κ1) is 19.2. The fourth-order valence-electron chi connectivity index (χ4n) is 3.41. The lowest BCUT2D eigenvalue weighted by Crippen LogP contribution is -2.39. The summed E-state index contributed by atoms with van der Waals surface area (Å²) in [7, 11) is 3.51. The van der Waals surface area contributed by atoms with Gasteiger partial charge in [-0.15, -0.1) is 0 Å². The Morgan fingerprint density at radius 3 is 2.70 bits per heavy atom. The van der Waals surface area contributed by atoms with Crippen LogP contribution in [0.1, 0.15) is 56.0 Å². The van der Waals surface area contributed by atoms with Gasteiger partial charge in [-0.25, -0.2) is 9.78 Å². The van der Waals surface area contributed by atoms with E-state index < -0.39 is 0 Å². The molecule has 0 bridgehead atoms. The Hall–Kier alpha value is -2.57. The van der Waals surface area contributed by atoms with Crippen molar-refractivity contribution in [3.05, 3.63) is 35.9 Å². The molecule has 3 rings (SSSR count). The molecule has 3 heterocycles. The molecule has 1 fully saturated rings. The zero-order valence-corrected chi connectivity index (χ0v) is 16.8. The van der Waals surface area contributed by atoms with Crippen LogP contribution in [0.3, 0.4) is 0 Å². The molecule has 0 aliphatic carbocycles. The molecule has 7 nitrogen and oxygen atoms in total. The maximum atomic E-state index is 12.8. The summed E-state index contributed by atoms with van der Waals surface area (Å²) in [5.74, 6) is 0.572. The van der Waals surface area contributed by atoms with Crippen LogP contribution in [0.25, 0.3) is 5.52 Å². The van der Waals surface area contributed by atoms with E-state index in [1.165, 1.54) is 0 Å². The highest BCUT2D eigenvalue weighted by Crippen LogP contribution is 2.33. The molecule has 1 atom stereocenters. The van der Waals surface area contributed by atoms with Crippen LogP contribution in [0, 0.1) is 5.41 Å². The molecule has 1 aliphatic heterocycles. The molecular weight excluding hydrogens is 342 g/mol. The molecule has 27 heavy (non-hydrogen) atoms. The standard InChI is InChI=1S/C20H29N5O2/c1-20(2,3)13-21-18(26)16-14-9-6-7-11-24(14)17(22-16)15-10-8-12-25(15)19(27)23(4)5/h6-7,9,11,15H,8,10,12-13H2,1-5H3,(H,21,26)/t15-/m0/s1. The van der Waals surface area contributed by atoms with Gasteiger partial charge in [0.2, 0.25) is 0 Å². The molecule has 0 aromatic carbocycles. The van der Waals surface area contributed by atoms with Crippen LogP contribution in [0.15, 0.2) is 24.4 Å². The molecule has 0 saturated carbocycles. The smallest absolute Gasteiger partial charge is 0.320 e. The summed E-state index contributed by atoms with van der Waals surface area (Å²) in [6.07, 6.45) is 3.68. The van der Waals surface area contributed by atoms with E-state index in [9.17, 15) is 9.59 Å². The molecule has 2 aromatic heterocycles. The number of hydrogen-bond donors (Lipinski definition) is 1. The van der Waals surface area contributed by atoms with E-state index >= 15 is 0 Å². The largest absolute Gasteiger partial charge is 0.350 e. The number of carbonyl (C=O) groups excluding carboxylic acids is 2. The average Bonchev–Trinajstić information content (AvgIpc) is 3.22. The highest BCUT2D eigenvalue weighted by atomic mass is 16.2. The summed E-state index contributed by atoms with van der Waals surface area (Å²) in [6.45, 7) is 7.50. The van der Waals surface area contributed by atoms with Crippen LogP contribution >= 0.6 is 0 Å². The third-order valence-corrected chi connectivity index (χ3v) is 4.75. The summed E-state index contributed by atoms with van der Waals surface area (Å²) in [5.41, 5.74) is 1.18. The van der Waals surface area contributed by atoms with E-state index in [1.807, 2.05) is 33.7 Å². The van der Waals surface area contributed by atoms with Crippen molar-refractivity contribution >= 4 is 17.5 Å². The first-order valence-corrected chi connectivity index (χ1v) is 9.42. The molecule has 1 aliphatic rings. The summed E-state index contributed by atoms with van der Waals surface area (Å²) < 4.78 is 1.94. The Bertz CT molecular complexity index is 850. The summed E-state index contributed by atoms with van der Waals surface area (Å²) in [6, 6.07) is 5.57. The zero-order chi connectivity index (χ0) is 19.8. The van der Waals surface area contributed by atoms with E-state index in [-0.39, 0.29) is 23.4 Å². The maximum absolute atomic E-state index is 12.8. The molecule has 1 saturated heterocycles. The van der Waals surface area contributed by atoms with Crippen LogP contribution in [0.2, 0.25) is 0 Å². The molecule has 7 heteroatoms. The first-order valence-electron chi connectivity index (χ1n) is 9.42. The fourth-order valence-corrected chi connectivity index (χ4v) is 3.41. The van der Waals surface area contributed by atoms with Gasteiger partial charge in [0.1, 0.15) is 5.82 Å². The predicted molar refractivity (Wildman–Crippen MR) is 105 cm³/mol. The van der Waals surface area contributed by atoms with E-state index in [2.05, 4.69) is 26.1 Å². The minimum absolute atomic E-state index is 0.00554. The molecule has 3 amide bonds.